The summed E-state index contributed by atoms with van der Waals surface area (Å²) in [6.07, 6.45) is 0.537. The molecular weight excluding hydrogens is 371 g/mol. The Morgan fingerprint density at radius 3 is 2.67 bits per heavy atom. The average molecular weight is 389 g/mol. The summed E-state index contributed by atoms with van der Waals surface area (Å²) >= 11 is 6.07. The van der Waals surface area contributed by atoms with Crippen molar-refractivity contribution in [2.24, 2.45) is 0 Å². The molecule has 7 heteroatoms. The van der Waals surface area contributed by atoms with Crippen LogP contribution in [0.25, 0.3) is 10.9 Å². The number of hydrogen-bond donors (Lipinski definition) is 2. The van der Waals surface area contributed by atoms with Crippen LogP contribution in [-0.2, 0) is 17.6 Å². The van der Waals surface area contributed by atoms with Gasteiger partial charge in [0.1, 0.15) is 11.6 Å². The van der Waals surface area contributed by atoms with Gasteiger partial charge in [-0.1, -0.05) is 23.7 Å². The second kappa shape index (κ2) is 8.22. The van der Waals surface area contributed by atoms with E-state index in [0.717, 1.165) is 10.9 Å². The first-order valence-electron chi connectivity index (χ1n) is 8.37. The highest BCUT2D eigenvalue weighted by molar-refractivity contribution is 6.32. The quantitative estimate of drug-likeness (QED) is 0.681. The van der Waals surface area contributed by atoms with E-state index in [1.54, 1.807) is 30.3 Å². The summed E-state index contributed by atoms with van der Waals surface area (Å²) in [5, 5.41) is 3.98. The zero-order chi connectivity index (χ0) is 19.4. The molecule has 0 aliphatic carbocycles. The fraction of sp³-hybridized carbons (Fsp3) is 0.200. The van der Waals surface area contributed by atoms with E-state index in [0.29, 0.717) is 34.8 Å². The highest BCUT2D eigenvalue weighted by Gasteiger charge is 2.09. The molecule has 0 radical (unpaired) electrons. The van der Waals surface area contributed by atoms with Gasteiger partial charge < -0.3 is 15.0 Å². The summed E-state index contributed by atoms with van der Waals surface area (Å²) in [6, 6.07) is 10.9. The molecule has 2 N–H and O–H groups in total. The summed E-state index contributed by atoms with van der Waals surface area (Å²) in [5.74, 6) is -0.00495. The maximum absolute atomic E-state index is 12.9. The molecule has 1 amide bonds. The molecule has 0 saturated heterocycles. The molecule has 0 atom stereocenters. The molecule has 140 valence electrons. The smallest absolute Gasteiger partial charge is 0.251 e. The first-order chi connectivity index (χ1) is 13.0. The van der Waals surface area contributed by atoms with Crippen LogP contribution in [0.1, 0.15) is 11.1 Å². The van der Waals surface area contributed by atoms with Crippen molar-refractivity contribution in [1.82, 2.24) is 10.3 Å². The molecular formula is C20H18ClFN2O3. The van der Waals surface area contributed by atoms with Crippen molar-refractivity contribution in [3.63, 3.8) is 0 Å². The van der Waals surface area contributed by atoms with E-state index in [1.807, 2.05) is 0 Å². The monoisotopic (exact) mass is 388 g/mol. The normalized spacial score (nSPS) is 10.8. The van der Waals surface area contributed by atoms with Crippen molar-refractivity contribution in [2.75, 3.05) is 13.7 Å². The van der Waals surface area contributed by atoms with Gasteiger partial charge in [-0.2, -0.15) is 0 Å². The lowest BCUT2D eigenvalue weighted by molar-refractivity contribution is -0.120. The Hall–Kier alpha value is -2.86. The Kier molecular flexibility index (Phi) is 5.76. The van der Waals surface area contributed by atoms with Crippen LogP contribution in [0.4, 0.5) is 4.39 Å². The van der Waals surface area contributed by atoms with Crippen LogP contribution in [0.3, 0.4) is 0 Å². The lowest BCUT2D eigenvalue weighted by Crippen LogP contribution is -2.28. The Morgan fingerprint density at radius 1 is 1.22 bits per heavy atom. The Morgan fingerprint density at radius 2 is 1.96 bits per heavy atom. The number of H-pyrrole nitrogens is 1. The maximum Gasteiger partial charge on any atom is 0.251 e. The number of carbonyl (C=O) groups is 1. The van der Waals surface area contributed by atoms with Gasteiger partial charge in [0.2, 0.25) is 5.91 Å². The number of rotatable bonds is 6. The van der Waals surface area contributed by atoms with E-state index in [2.05, 4.69) is 10.3 Å². The van der Waals surface area contributed by atoms with Gasteiger partial charge in [-0.05, 0) is 42.3 Å². The number of halogens is 2. The first kappa shape index (κ1) is 18.9. The second-order valence-corrected chi connectivity index (χ2v) is 6.51. The molecule has 3 aromatic rings. The van der Waals surface area contributed by atoms with Crippen molar-refractivity contribution in [3.8, 4) is 5.75 Å². The van der Waals surface area contributed by atoms with Crippen LogP contribution >= 0.6 is 11.6 Å². The molecule has 3 rings (SSSR count). The molecule has 0 aliphatic rings. The van der Waals surface area contributed by atoms with Crippen LogP contribution in [0, 0.1) is 5.82 Å². The third-order valence-electron chi connectivity index (χ3n) is 4.19. The van der Waals surface area contributed by atoms with Gasteiger partial charge in [-0.15, -0.1) is 0 Å². The Labute approximate surface area is 160 Å². The topological polar surface area (TPSA) is 71.2 Å². The summed E-state index contributed by atoms with van der Waals surface area (Å²) in [6.45, 7) is 0.319. The SMILES string of the molecule is COc1cc2cc(CCNC(=O)Cc3ccc(F)cc3)c(=O)[nH]c2cc1Cl. The second-order valence-electron chi connectivity index (χ2n) is 6.10. The number of pyridine rings is 1. The van der Waals surface area contributed by atoms with Gasteiger partial charge in [0.05, 0.1) is 24.1 Å². The van der Waals surface area contributed by atoms with Crippen LogP contribution in [0.5, 0.6) is 5.75 Å². The zero-order valence-electron chi connectivity index (χ0n) is 14.6. The fourth-order valence-corrected chi connectivity index (χ4v) is 3.02. The number of aromatic nitrogens is 1. The number of nitrogens with one attached hydrogen (secondary N) is 2. The number of carbonyl (C=O) groups excluding carboxylic acids is 1. The minimum Gasteiger partial charge on any atom is -0.495 e. The van der Waals surface area contributed by atoms with Crippen LogP contribution in [0.2, 0.25) is 5.02 Å². The lowest BCUT2D eigenvalue weighted by Gasteiger charge is -2.08. The number of fused-ring (bicyclic) bond motifs is 1. The Bertz CT molecular complexity index is 1030. The van der Waals surface area contributed by atoms with Gasteiger partial charge in [0.25, 0.3) is 5.56 Å². The van der Waals surface area contributed by atoms with Crippen LogP contribution < -0.4 is 15.6 Å². The minimum atomic E-state index is -0.340. The number of aromatic amines is 1. The van der Waals surface area contributed by atoms with Crippen molar-refractivity contribution >= 4 is 28.4 Å². The van der Waals surface area contributed by atoms with Gasteiger partial charge in [-0.3, -0.25) is 9.59 Å². The molecule has 5 nitrogen and oxygen atoms in total. The summed E-state index contributed by atoms with van der Waals surface area (Å²) in [5.41, 5.74) is 1.67. The van der Waals surface area contributed by atoms with Crippen molar-refractivity contribution in [2.45, 2.75) is 12.8 Å². The molecule has 0 bridgehead atoms. The number of hydrogen-bond acceptors (Lipinski definition) is 3. The van der Waals surface area contributed by atoms with E-state index in [-0.39, 0.29) is 23.7 Å². The summed E-state index contributed by atoms with van der Waals surface area (Å²) < 4.78 is 18.1. The summed E-state index contributed by atoms with van der Waals surface area (Å²) in [7, 11) is 1.52. The van der Waals surface area contributed by atoms with Crippen molar-refractivity contribution in [3.05, 3.63) is 74.8 Å². The third kappa shape index (κ3) is 4.65. The number of amides is 1. The molecule has 0 spiro atoms. The molecule has 0 saturated carbocycles. The van der Waals surface area contributed by atoms with Crippen LogP contribution in [-0.4, -0.2) is 24.5 Å². The largest absolute Gasteiger partial charge is 0.495 e. The Balaban J connectivity index is 1.65. The fourth-order valence-electron chi connectivity index (χ4n) is 2.78. The van der Waals surface area contributed by atoms with Gasteiger partial charge in [0.15, 0.2) is 0 Å². The zero-order valence-corrected chi connectivity index (χ0v) is 15.4. The standard InChI is InChI=1S/C20H18ClFN2O3/c1-27-18-10-14-9-13(20(26)24-17(14)11-16(18)21)6-7-23-19(25)8-12-2-4-15(22)5-3-12/h2-5,9-11H,6-8H2,1H3,(H,23,25)(H,24,26). The number of methoxy groups -OCH3 is 1. The van der Waals surface area contributed by atoms with E-state index >= 15 is 0 Å². The van der Waals surface area contributed by atoms with Crippen molar-refractivity contribution < 1.29 is 13.9 Å². The van der Waals surface area contributed by atoms with Gasteiger partial charge in [0, 0.05) is 17.5 Å². The maximum atomic E-state index is 12.9. The molecule has 0 aliphatic heterocycles. The molecule has 27 heavy (non-hydrogen) atoms. The number of benzene rings is 2. The first-order valence-corrected chi connectivity index (χ1v) is 8.74. The minimum absolute atomic E-state index is 0.157. The predicted molar refractivity (Wildman–Crippen MR) is 103 cm³/mol. The van der Waals surface area contributed by atoms with E-state index in [4.69, 9.17) is 16.3 Å². The summed E-state index contributed by atoms with van der Waals surface area (Å²) in [4.78, 5) is 27.0. The van der Waals surface area contributed by atoms with E-state index in [1.165, 1.54) is 19.2 Å². The molecule has 1 heterocycles. The number of ether oxygens (including phenoxy) is 1. The van der Waals surface area contributed by atoms with Gasteiger partial charge in [-0.25, -0.2) is 4.39 Å². The van der Waals surface area contributed by atoms with E-state index in [9.17, 15) is 14.0 Å². The average Bonchev–Trinajstić information content (AvgIpc) is 2.64. The van der Waals surface area contributed by atoms with E-state index < -0.39 is 0 Å². The van der Waals surface area contributed by atoms with Gasteiger partial charge >= 0.3 is 0 Å². The molecule has 2 aromatic carbocycles. The molecule has 0 fully saturated rings. The molecule has 0 unspecified atom stereocenters. The van der Waals surface area contributed by atoms with Crippen LogP contribution in [0.15, 0.2) is 47.3 Å². The highest BCUT2D eigenvalue weighted by atomic mass is 35.5. The lowest BCUT2D eigenvalue weighted by atomic mass is 10.1. The third-order valence-corrected chi connectivity index (χ3v) is 4.48. The van der Waals surface area contributed by atoms with Crippen molar-refractivity contribution in [1.29, 1.82) is 0 Å². The molecule has 1 aromatic heterocycles. The predicted octanol–water partition coefficient (Wildman–Crippen LogP) is 3.23. The highest BCUT2D eigenvalue weighted by Crippen LogP contribution is 2.28.